The normalized spacial score (nSPS) is 9.89. The summed E-state index contributed by atoms with van der Waals surface area (Å²) in [5.74, 6) is -0.901. The predicted octanol–water partition coefficient (Wildman–Crippen LogP) is 2.25. The lowest BCUT2D eigenvalue weighted by Gasteiger charge is -2.04. The third-order valence-electron chi connectivity index (χ3n) is 2.37. The highest BCUT2D eigenvalue weighted by molar-refractivity contribution is 5.91. The van der Waals surface area contributed by atoms with Crippen LogP contribution in [0.4, 0.5) is 5.69 Å². The Morgan fingerprint density at radius 1 is 1.16 bits per heavy atom. The highest BCUT2D eigenvalue weighted by atomic mass is 16.6. The van der Waals surface area contributed by atoms with E-state index in [2.05, 4.69) is 0 Å². The maximum absolute atomic E-state index is 11.8. The summed E-state index contributed by atoms with van der Waals surface area (Å²) in [4.78, 5) is 21.9. The largest absolute Gasteiger partial charge is 0.593 e. The minimum Gasteiger partial charge on any atom is -0.593 e. The Kier molecular flexibility index (Phi) is 3.42. The van der Waals surface area contributed by atoms with Crippen LogP contribution in [-0.2, 0) is 0 Å². The molecule has 0 aliphatic heterocycles. The van der Waals surface area contributed by atoms with Crippen LogP contribution in [0, 0.1) is 10.1 Å². The van der Waals surface area contributed by atoms with Crippen LogP contribution in [0.15, 0.2) is 48.5 Å². The summed E-state index contributed by atoms with van der Waals surface area (Å²) < 4.78 is 4.97. The van der Waals surface area contributed by atoms with Crippen molar-refractivity contribution in [3.05, 3.63) is 64.2 Å². The molecule has 0 fully saturated rings. The molecule has 0 aromatic heterocycles. The zero-order chi connectivity index (χ0) is 13.8. The van der Waals surface area contributed by atoms with Crippen LogP contribution in [0.25, 0.3) is 0 Å². The monoisotopic (exact) mass is 260 g/mol. The van der Waals surface area contributed by atoms with Crippen molar-refractivity contribution in [2.75, 3.05) is 0 Å². The molecule has 2 rings (SSSR count). The third-order valence-corrected chi connectivity index (χ3v) is 2.37. The summed E-state index contributed by atoms with van der Waals surface area (Å²) in [6.07, 6.45) is 0. The molecule has 0 atom stereocenters. The average Bonchev–Trinajstić information content (AvgIpc) is 2.39. The second kappa shape index (κ2) is 5.18. The number of esters is 1. The van der Waals surface area contributed by atoms with Gasteiger partial charge in [0.15, 0.2) is 0 Å². The Hall–Kier alpha value is -2.89. The number of rotatable bonds is 3. The summed E-state index contributed by atoms with van der Waals surface area (Å²) in [7, 11) is 0. The number of hydrogen-bond donors (Lipinski definition) is 0. The van der Waals surface area contributed by atoms with Crippen molar-refractivity contribution < 1.29 is 19.6 Å². The van der Waals surface area contributed by atoms with Crippen molar-refractivity contribution in [1.82, 2.24) is 0 Å². The van der Waals surface area contributed by atoms with Gasteiger partial charge in [0.25, 0.3) is 5.75 Å². The van der Waals surface area contributed by atoms with E-state index in [1.54, 1.807) is 30.3 Å². The summed E-state index contributed by atoms with van der Waals surface area (Å²) in [5.41, 5.74) is -0.0625. The van der Waals surface area contributed by atoms with Crippen molar-refractivity contribution >= 4 is 11.7 Å². The number of nitrogens with zero attached hydrogens (tertiary/aromatic N) is 1. The molecule has 2 aromatic carbocycles. The molecular formula is C13H10NO5+. The first kappa shape index (κ1) is 12.6. The van der Waals surface area contributed by atoms with Gasteiger partial charge in [-0.25, -0.2) is 4.79 Å². The molecule has 0 spiro atoms. The van der Waals surface area contributed by atoms with Gasteiger partial charge in [-0.2, -0.15) is 0 Å². The molecule has 2 aromatic rings. The van der Waals surface area contributed by atoms with Crippen LogP contribution in [-0.4, -0.2) is 16.0 Å². The summed E-state index contributed by atoms with van der Waals surface area (Å²) >= 11 is 0. The van der Waals surface area contributed by atoms with E-state index in [9.17, 15) is 14.9 Å². The van der Waals surface area contributed by atoms with E-state index in [0.717, 1.165) is 12.1 Å². The SMILES string of the molecule is O=C(Oc1cc([OH2+])ccc1[N+](=O)[O-])c1ccccc1. The molecule has 6 nitrogen and oxygen atoms in total. The minimum atomic E-state index is -0.700. The van der Waals surface area contributed by atoms with Gasteiger partial charge in [-0.1, -0.05) is 18.2 Å². The lowest BCUT2D eigenvalue weighted by Crippen LogP contribution is -2.09. The third kappa shape index (κ3) is 2.86. The van der Waals surface area contributed by atoms with Gasteiger partial charge in [0, 0.05) is 12.1 Å². The predicted molar refractivity (Wildman–Crippen MR) is 67.6 cm³/mol. The number of ether oxygens (including phenoxy) is 1. The first-order chi connectivity index (χ1) is 9.08. The van der Waals surface area contributed by atoms with E-state index in [1.165, 1.54) is 6.07 Å². The van der Waals surface area contributed by atoms with Crippen molar-refractivity contribution in [3.8, 4) is 11.5 Å². The summed E-state index contributed by atoms with van der Waals surface area (Å²) in [6.45, 7) is 0. The van der Waals surface area contributed by atoms with E-state index >= 15 is 0 Å². The van der Waals surface area contributed by atoms with Crippen LogP contribution in [0.2, 0.25) is 0 Å². The van der Waals surface area contributed by atoms with Crippen LogP contribution < -0.4 is 4.74 Å². The molecule has 0 saturated heterocycles. The van der Waals surface area contributed by atoms with Gasteiger partial charge in [-0.15, -0.1) is 0 Å². The van der Waals surface area contributed by atoms with Gasteiger partial charge in [0.05, 0.1) is 16.6 Å². The lowest BCUT2D eigenvalue weighted by molar-refractivity contribution is -0.385. The van der Waals surface area contributed by atoms with Gasteiger partial charge in [0.1, 0.15) is 0 Å². The fraction of sp³-hybridized carbons (Fsp3) is 0. The Balaban J connectivity index is 2.31. The molecule has 0 aliphatic rings. The van der Waals surface area contributed by atoms with Gasteiger partial charge in [0.2, 0.25) is 5.75 Å². The van der Waals surface area contributed by atoms with E-state index in [1.807, 2.05) is 0 Å². The second-order valence-corrected chi connectivity index (χ2v) is 3.70. The van der Waals surface area contributed by atoms with E-state index < -0.39 is 10.9 Å². The molecule has 0 unspecified atom stereocenters. The number of nitro benzene ring substituents is 1. The Morgan fingerprint density at radius 2 is 1.84 bits per heavy atom. The first-order valence-corrected chi connectivity index (χ1v) is 5.35. The standard InChI is InChI=1S/C13H9NO5/c15-10-6-7-11(14(17)18)12(8-10)19-13(16)9-4-2-1-3-5-9/h1-8,15H/p+1. The number of hydrogen-bond acceptors (Lipinski definition) is 4. The van der Waals surface area contributed by atoms with Gasteiger partial charge < -0.3 is 9.84 Å². The fourth-order valence-corrected chi connectivity index (χ4v) is 1.48. The molecule has 96 valence electrons. The molecule has 19 heavy (non-hydrogen) atoms. The van der Waals surface area contributed by atoms with Crippen LogP contribution in [0.5, 0.6) is 11.5 Å². The number of benzene rings is 2. The van der Waals surface area contributed by atoms with Crippen LogP contribution in [0.3, 0.4) is 0 Å². The Bertz CT molecular complexity index is 624. The van der Waals surface area contributed by atoms with Gasteiger partial charge >= 0.3 is 11.7 Å². The molecular weight excluding hydrogens is 250 g/mol. The molecule has 0 radical (unpaired) electrons. The Labute approximate surface area is 108 Å². The van der Waals surface area contributed by atoms with Gasteiger partial charge in [-0.3, -0.25) is 10.1 Å². The van der Waals surface area contributed by atoms with E-state index in [0.29, 0.717) is 0 Å². The van der Waals surface area contributed by atoms with Crippen molar-refractivity contribution in [1.29, 1.82) is 0 Å². The molecule has 0 aliphatic carbocycles. The number of nitro groups is 1. The highest BCUT2D eigenvalue weighted by Crippen LogP contribution is 2.31. The van der Waals surface area contributed by atoms with Crippen LogP contribution in [0.1, 0.15) is 10.4 Å². The maximum Gasteiger partial charge on any atom is 0.343 e. The van der Waals surface area contributed by atoms with E-state index in [-0.39, 0.29) is 22.7 Å². The topological polar surface area (TPSA) is 92.3 Å². The van der Waals surface area contributed by atoms with Crippen molar-refractivity contribution in [2.24, 2.45) is 0 Å². The quantitative estimate of drug-likeness (QED) is 0.278. The minimum absolute atomic E-state index is 0.0291. The lowest BCUT2D eigenvalue weighted by atomic mass is 10.2. The summed E-state index contributed by atoms with van der Waals surface area (Å²) in [5, 5.41) is 18.2. The molecule has 0 heterocycles. The average molecular weight is 260 g/mol. The van der Waals surface area contributed by atoms with Crippen molar-refractivity contribution in [2.45, 2.75) is 0 Å². The molecule has 0 amide bonds. The van der Waals surface area contributed by atoms with Crippen LogP contribution >= 0.6 is 0 Å². The Morgan fingerprint density at radius 3 is 2.47 bits per heavy atom. The van der Waals surface area contributed by atoms with Gasteiger partial charge in [-0.05, 0) is 12.1 Å². The smallest absolute Gasteiger partial charge is 0.343 e. The highest BCUT2D eigenvalue weighted by Gasteiger charge is 2.20. The second-order valence-electron chi connectivity index (χ2n) is 3.70. The molecule has 0 saturated carbocycles. The zero-order valence-corrected chi connectivity index (χ0v) is 9.70. The molecule has 2 N–H and O–H groups in total. The number of carbonyl (C=O) groups is 1. The summed E-state index contributed by atoms with van der Waals surface area (Å²) in [6, 6.07) is 11.7. The number of carbonyl (C=O) groups excluding carboxylic acids is 1. The maximum atomic E-state index is 11.8. The first-order valence-electron chi connectivity index (χ1n) is 5.35. The van der Waals surface area contributed by atoms with Crippen molar-refractivity contribution in [3.63, 3.8) is 0 Å². The fourth-order valence-electron chi connectivity index (χ4n) is 1.48. The molecule has 6 heteroatoms. The zero-order valence-electron chi connectivity index (χ0n) is 9.70. The van der Waals surface area contributed by atoms with E-state index in [4.69, 9.17) is 9.84 Å². The molecule has 0 bridgehead atoms.